The molecular formula is C22H20N4OS. The topological polar surface area (TPSA) is 44.9 Å². The molecule has 0 amide bonds. The molecule has 140 valence electrons. The lowest BCUT2D eigenvalue weighted by molar-refractivity contribution is 0.188. The van der Waals surface area contributed by atoms with Crippen LogP contribution in [0.5, 0.6) is 0 Å². The van der Waals surface area contributed by atoms with Crippen LogP contribution in [0.2, 0.25) is 0 Å². The third kappa shape index (κ3) is 2.73. The maximum absolute atomic E-state index is 5.27. The van der Waals surface area contributed by atoms with Crippen LogP contribution in [-0.4, -0.2) is 32.8 Å². The summed E-state index contributed by atoms with van der Waals surface area (Å²) in [6.45, 7) is 1.51. The highest BCUT2D eigenvalue weighted by molar-refractivity contribution is 7.13. The van der Waals surface area contributed by atoms with Crippen LogP contribution in [0.4, 0.5) is 0 Å². The van der Waals surface area contributed by atoms with E-state index in [2.05, 4.69) is 62.1 Å². The molecule has 0 N–H and O–H groups in total. The highest BCUT2D eigenvalue weighted by Gasteiger charge is 2.16. The Kier molecular flexibility index (Phi) is 4.22. The van der Waals surface area contributed by atoms with Crippen molar-refractivity contribution < 1.29 is 4.74 Å². The fraction of sp³-hybridized carbons (Fsp3) is 0.182. The van der Waals surface area contributed by atoms with E-state index < -0.39 is 0 Å². The van der Waals surface area contributed by atoms with E-state index in [1.54, 1.807) is 18.4 Å². The summed E-state index contributed by atoms with van der Waals surface area (Å²) in [5.41, 5.74) is 5.41. The summed E-state index contributed by atoms with van der Waals surface area (Å²) in [6, 6.07) is 14.7. The average Bonchev–Trinajstić information content (AvgIpc) is 3.42. The van der Waals surface area contributed by atoms with Crippen LogP contribution in [0.3, 0.4) is 0 Å². The number of aromatic nitrogens is 4. The van der Waals surface area contributed by atoms with Gasteiger partial charge in [-0.2, -0.15) is 0 Å². The van der Waals surface area contributed by atoms with Crippen LogP contribution >= 0.6 is 11.3 Å². The molecule has 0 saturated carbocycles. The van der Waals surface area contributed by atoms with Crippen LogP contribution in [0.15, 0.2) is 60.2 Å². The molecule has 0 fully saturated rings. The molecule has 0 aliphatic heterocycles. The minimum absolute atomic E-state index is 0.685. The van der Waals surface area contributed by atoms with E-state index in [-0.39, 0.29) is 0 Å². The Balaban J connectivity index is 1.60. The Morgan fingerprint density at radius 2 is 2.04 bits per heavy atom. The van der Waals surface area contributed by atoms with Crippen molar-refractivity contribution in [1.29, 1.82) is 0 Å². The van der Waals surface area contributed by atoms with Crippen molar-refractivity contribution in [3.05, 3.63) is 60.2 Å². The van der Waals surface area contributed by atoms with Gasteiger partial charge in [-0.15, -0.1) is 11.3 Å². The van der Waals surface area contributed by atoms with Gasteiger partial charge in [0.15, 0.2) is 0 Å². The minimum atomic E-state index is 0.685. The van der Waals surface area contributed by atoms with Crippen molar-refractivity contribution >= 4 is 33.3 Å². The molecular weight excluding hydrogens is 368 g/mol. The summed E-state index contributed by atoms with van der Waals surface area (Å²) in [7, 11) is 3.78. The smallest absolute Gasteiger partial charge is 0.140 e. The van der Waals surface area contributed by atoms with E-state index in [1.807, 2.05) is 19.3 Å². The van der Waals surface area contributed by atoms with Crippen molar-refractivity contribution in [3.63, 3.8) is 0 Å². The second-order valence-electron chi connectivity index (χ2n) is 6.79. The van der Waals surface area contributed by atoms with Crippen molar-refractivity contribution in [2.24, 2.45) is 7.05 Å². The van der Waals surface area contributed by atoms with Gasteiger partial charge in [0.2, 0.25) is 0 Å². The van der Waals surface area contributed by atoms with Crippen LogP contribution in [0.1, 0.15) is 0 Å². The highest BCUT2D eigenvalue weighted by atomic mass is 32.1. The van der Waals surface area contributed by atoms with Crippen molar-refractivity contribution in [1.82, 2.24) is 19.1 Å². The summed E-state index contributed by atoms with van der Waals surface area (Å²) < 4.78 is 9.62. The first-order chi connectivity index (χ1) is 13.8. The summed E-state index contributed by atoms with van der Waals surface area (Å²) in [5.74, 6) is 0. The van der Waals surface area contributed by atoms with Crippen LogP contribution in [0, 0.1) is 0 Å². The first-order valence-corrected chi connectivity index (χ1v) is 10.1. The summed E-state index contributed by atoms with van der Waals surface area (Å²) in [5, 5.41) is 5.51. The molecule has 4 aromatic heterocycles. The van der Waals surface area contributed by atoms with Gasteiger partial charge < -0.3 is 13.9 Å². The number of pyridine rings is 1. The number of ether oxygens (including phenoxy) is 1. The number of fused-ring (bicyclic) bond motifs is 2. The van der Waals surface area contributed by atoms with Gasteiger partial charge in [-0.3, -0.25) is 0 Å². The molecule has 0 unspecified atom stereocenters. The Bertz CT molecular complexity index is 1280. The first kappa shape index (κ1) is 17.2. The fourth-order valence-electron chi connectivity index (χ4n) is 3.71. The molecule has 0 spiro atoms. The van der Waals surface area contributed by atoms with Gasteiger partial charge >= 0.3 is 0 Å². The average molecular weight is 388 g/mol. The summed E-state index contributed by atoms with van der Waals surface area (Å²) in [6.07, 6.45) is 4.02. The third-order valence-electron chi connectivity index (χ3n) is 5.11. The number of thiazole rings is 1. The van der Waals surface area contributed by atoms with E-state index in [0.29, 0.717) is 6.61 Å². The monoisotopic (exact) mass is 388 g/mol. The van der Waals surface area contributed by atoms with Gasteiger partial charge in [0.25, 0.3) is 0 Å². The lowest BCUT2D eigenvalue weighted by Gasteiger charge is -2.03. The number of methoxy groups -OCH3 is 1. The third-order valence-corrected chi connectivity index (χ3v) is 5.99. The first-order valence-electron chi connectivity index (χ1n) is 9.20. The number of aryl methyl sites for hydroxylation is 1. The molecule has 0 aliphatic rings. The number of hydrogen-bond donors (Lipinski definition) is 0. The number of hydrogen-bond acceptors (Lipinski definition) is 4. The standard InChI is InChI=1S/C22H20N4OS/c1-25-20(12-15-6-5-9-23-21(15)25)18-14-28-22(24-18)17-13-26(10-11-27-2)19-8-4-3-7-16(17)19/h3-9,12-14H,10-11H2,1-2H3. The maximum Gasteiger partial charge on any atom is 0.140 e. The quantitative estimate of drug-likeness (QED) is 0.427. The molecule has 4 heterocycles. The number of rotatable bonds is 5. The molecule has 0 aliphatic carbocycles. The number of benzene rings is 1. The SMILES string of the molecule is COCCn1cc(-c2nc(-c3cc4cccnc4n3C)cs2)c2ccccc21. The Morgan fingerprint density at radius 3 is 2.89 bits per heavy atom. The molecule has 5 aromatic rings. The molecule has 5 nitrogen and oxygen atoms in total. The van der Waals surface area contributed by atoms with Gasteiger partial charge in [0.1, 0.15) is 10.7 Å². The highest BCUT2D eigenvalue weighted by Crippen LogP contribution is 2.35. The molecule has 0 bridgehead atoms. The van der Waals surface area contributed by atoms with Crippen molar-refractivity contribution in [2.45, 2.75) is 6.54 Å². The van der Waals surface area contributed by atoms with Crippen molar-refractivity contribution in [3.8, 4) is 22.0 Å². The van der Waals surface area contributed by atoms with E-state index >= 15 is 0 Å². The van der Waals surface area contributed by atoms with E-state index in [4.69, 9.17) is 9.72 Å². The zero-order valence-corrected chi connectivity index (χ0v) is 16.6. The predicted octanol–water partition coefficient (Wildman–Crippen LogP) is 4.96. The fourth-order valence-corrected chi connectivity index (χ4v) is 4.55. The van der Waals surface area contributed by atoms with E-state index in [9.17, 15) is 0 Å². The zero-order valence-electron chi connectivity index (χ0n) is 15.8. The van der Waals surface area contributed by atoms with E-state index in [1.165, 1.54) is 16.5 Å². The molecule has 28 heavy (non-hydrogen) atoms. The second-order valence-corrected chi connectivity index (χ2v) is 7.65. The molecule has 5 rings (SSSR count). The molecule has 0 atom stereocenters. The number of para-hydroxylation sites is 1. The second kappa shape index (κ2) is 6.89. The van der Waals surface area contributed by atoms with Gasteiger partial charge in [0, 0.05) is 60.3 Å². The van der Waals surface area contributed by atoms with Gasteiger partial charge in [-0.25, -0.2) is 9.97 Å². The Hall–Kier alpha value is -2.96. The van der Waals surface area contributed by atoms with E-state index in [0.717, 1.165) is 34.0 Å². The molecule has 6 heteroatoms. The summed E-state index contributed by atoms with van der Waals surface area (Å²) in [4.78, 5) is 9.46. The Morgan fingerprint density at radius 1 is 1.14 bits per heavy atom. The van der Waals surface area contributed by atoms with Crippen LogP contribution < -0.4 is 0 Å². The van der Waals surface area contributed by atoms with Gasteiger partial charge in [0.05, 0.1) is 18.0 Å². The predicted molar refractivity (Wildman–Crippen MR) is 115 cm³/mol. The normalized spacial score (nSPS) is 11.6. The molecule has 0 saturated heterocycles. The lowest BCUT2D eigenvalue weighted by atomic mass is 10.2. The molecule has 0 radical (unpaired) electrons. The van der Waals surface area contributed by atoms with Crippen molar-refractivity contribution in [2.75, 3.05) is 13.7 Å². The molecule has 1 aromatic carbocycles. The van der Waals surface area contributed by atoms with Crippen LogP contribution in [0.25, 0.3) is 43.9 Å². The zero-order chi connectivity index (χ0) is 19.1. The lowest BCUT2D eigenvalue weighted by Crippen LogP contribution is -2.02. The Labute approximate surface area is 166 Å². The minimum Gasteiger partial charge on any atom is -0.383 e. The largest absolute Gasteiger partial charge is 0.383 e. The van der Waals surface area contributed by atoms with Gasteiger partial charge in [-0.05, 0) is 24.3 Å². The summed E-state index contributed by atoms with van der Waals surface area (Å²) >= 11 is 1.68. The van der Waals surface area contributed by atoms with Crippen LogP contribution in [-0.2, 0) is 18.3 Å². The maximum atomic E-state index is 5.27. The number of nitrogens with zero attached hydrogens (tertiary/aromatic N) is 4. The van der Waals surface area contributed by atoms with Gasteiger partial charge in [-0.1, -0.05) is 18.2 Å².